The maximum Gasteiger partial charge on any atom is 0.263 e. The molecule has 124 valence electrons. The molecule has 25 heavy (non-hydrogen) atoms. The van der Waals surface area contributed by atoms with E-state index in [1.807, 2.05) is 43.3 Å². The van der Waals surface area contributed by atoms with Gasteiger partial charge in [0.15, 0.2) is 5.82 Å². The van der Waals surface area contributed by atoms with Gasteiger partial charge in [0.1, 0.15) is 11.2 Å². The maximum atomic E-state index is 6.10. The topological polar surface area (TPSA) is 76.7 Å². The van der Waals surface area contributed by atoms with Crippen LogP contribution in [0.25, 0.3) is 22.5 Å². The Hall–Kier alpha value is -2.99. The molecule has 6 nitrogen and oxygen atoms in total. The smallest absolute Gasteiger partial charge is 0.263 e. The highest BCUT2D eigenvalue weighted by molar-refractivity contribution is 6.30. The number of nitrogens with one attached hydrogen (secondary N) is 1. The van der Waals surface area contributed by atoms with Gasteiger partial charge in [-0.25, -0.2) is 4.98 Å². The van der Waals surface area contributed by atoms with Crippen LogP contribution in [0.15, 0.2) is 53.3 Å². The first-order valence-corrected chi connectivity index (χ1v) is 8.21. The summed E-state index contributed by atoms with van der Waals surface area (Å²) < 4.78 is 5.42. The fourth-order valence-electron chi connectivity index (χ4n) is 2.57. The number of hydrogen-bond acceptors (Lipinski definition) is 6. The Bertz CT molecular complexity index is 1030. The van der Waals surface area contributed by atoms with Crippen LogP contribution >= 0.6 is 11.6 Å². The normalized spacial score (nSPS) is 11.0. The molecule has 0 bridgehead atoms. The van der Waals surface area contributed by atoms with Crippen molar-refractivity contribution < 1.29 is 4.52 Å². The average Bonchev–Trinajstić information content (AvgIpc) is 3.06. The number of rotatable bonds is 4. The molecule has 0 saturated heterocycles. The fourth-order valence-corrected chi connectivity index (χ4v) is 2.76. The number of nitrogens with zero attached hydrogens (tertiary/aromatic N) is 4. The Balaban J connectivity index is 1.89. The summed E-state index contributed by atoms with van der Waals surface area (Å²) in [5, 5.41) is 8.83. The minimum atomic E-state index is 0.443. The van der Waals surface area contributed by atoms with E-state index in [0.717, 1.165) is 28.8 Å². The summed E-state index contributed by atoms with van der Waals surface area (Å²) in [7, 11) is 0. The van der Waals surface area contributed by atoms with E-state index in [1.54, 1.807) is 12.4 Å². The molecule has 4 aromatic rings. The van der Waals surface area contributed by atoms with Crippen LogP contribution in [0.3, 0.4) is 0 Å². The molecule has 0 aliphatic carbocycles. The van der Waals surface area contributed by atoms with Crippen molar-refractivity contribution >= 4 is 34.2 Å². The molecule has 0 aliphatic heterocycles. The molecule has 0 unspecified atom stereocenters. The van der Waals surface area contributed by atoms with Crippen LogP contribution in [0.4, 0.5) is 11.5 Å². The van der Waals surface area contributed by atoms with Gasteiger partial charge in [0, 0.05) is 28.7 Å². The van der Waals surface area contributed by atoms with Crippen molar-refractivity contribution in [3.63, 3.8) is 0 Å². The minimum absolute atomic E-state index is 0.443. The van der Waals surface area contributed by atoms with Crippen molar-refractivity contribution in [2.75, 3.05) is 5.32 Å². The molecule has 0 fully saturated rings. The summed E-state index contributed by atoms with van der Waals surface area (Å²) in [6, 6.07) is 11.1. The van der Waals surface area contributed by atoms with Crippen LogP contribution in [0.2, 0.25) is 5.02 Å². The molecule has 1 N–H and O–H groups in total. The molecule has 4 rings (SSSR count). The van der Waals surface area contributed by atoms with E-state index < -0.39 is 0 Å². The van der Waals surface area contributed by atoms with E-state index in [0.29, 0.717) is 22.4 Å². The Morgan fingerprint density at radius 2 is 1.96 bits per heavy atom. The molecule has 0 saturated carbocycles. The third kappa shape index (κ3) is 3.04. The van der Waals surface area contributed by atoms with E-state index in [-0.39, 0.29) is 0 Å². The van der Waals surface area contributed by atoms with Crippen LogP contribution in [0.1, 0.15) is 12.6 Å². The van der Waals surface area contributed by atoms with Gasteiger partial charge >= 0.3 is 0 Å². The van der Waals surface area contributed by atoms with E-state index in [2.05, 4.69) is 25.4 Å². The standard InChI is InChI=1S/C18H14ClN5O/c1-2-14-15-17(21-13-6-8-20-9-7-13)22-16(23-18(15)25-24-14)11-4-3-5-12(19)10-11/h3-10H,2H2,1H3,(H,20,21,22,23). The highest BCUT2D eigenvalue weighted by Crippen LogP contribution is 2.30. The van der Waals surface area contributed by atoms with Gasteiger partial charge in [0.25, 0.3) is 5.71 Å². The van der Waals surface area contributed by atoms with Crippen LogP contribution in [-0.4, -0.2) is 20.1 Å². The predicted octanol–water partition coefficient (Wildman–Crippen LogP) is 4.64. The van der Waals surface area contributed by atoms with Gasteiger partial charge < -0.3 is 9.84 Å². The van der Waals surface area contributed by atoms with Gasteiger partial charge in [0.2, 0.25) is 0 Å². The molecule has 0 amide bonds. The van der Waals surface area contributed by atoms with Crippen molar-refractivity contribution in [2.24, 2.45) is 0 Å². The zero-order chi connectivity index (χ0) is 17.2. The average molecular weight is 352 g/mol. The van der Waals surface area contributed by atoms with E-state index >= 15 is 0 Å². The van der Waals surface area contributed by atoms with Gasteiger partial charge in [-0.05, 0) is 30.7 Å². The van der Waals surface area contributed by atoms with Crippen molar-refractivity contribution in [2.45, 2.75) is 13.3 Å². The Labute approximate surface area is 148 Å². The van der Waals surface area contributed by atoms with Crippen molar-refractivity contribution in [1.29, 1.82) is 0 Å². The highest BCUT2D eigenvalue weighted by atomic mass is 35.5. The number of aromatic nitrogens is 4. The summed E-state index contributed by atoms with van der Waals surface area (Å²) in [4.78, 5) is 13.2. The van der Waals surface area contributed by atoms with Gasteiger partial charge in [0.05, 0.1) is 5.69 Å². The lowest BCUT2D eigenvalue weighted by atomic mass is 10.2. The SMILES string of the molecule is CCc1noc2nc(-c3cccc(Cl)c3)nc(Nc3ccncc3)c12. The number of halogens is 1. The van der Waals surface area contributed by atoms with Crippen molar-refractivity contribution in [3.05, 3.63) is 59.5 Å². The Morgan fingerprint density at radius 1 is 1.12 bits per heavy atom. The van der Waals surface area contributed by atoms with Gasteiger partial charge in [-0.2, -0.15) is 4.98 Å². The number of hydrogen-bond donors (Lipinski definition) is 1. The number of aryl methyl sites for hydroxylation is 1. The molecule has 0 aliphatic rings. The molecule has 1 aromatic carbocycles. The maximum absolute atomic E-state index is 6.10. The highest BCUT2D eigenvalue weighted by Gasteiger charge is 2.17. The second kappa shape index (κ2) is 6.49. The van der Waals surface area contributed by atoms with Gasteiger partial charge in [-0.3, -0.25) is 4.98 Å². The fraction of sp³-hybridized carbons (Fsp3) is 0.111. The second-order valence-electron chi connectivity index (χ2n) is 5.43. The van der Waals surface area contributed by atoms with E-state index in [9.17, 15) is 0 Å². The first-order valence-electron chi connectivity index (χ1n) is 7.84. The van der Waals surface area contributed by atoms with Gasteiger partial charge in [-0.15, -0.1) is 0 Å². The molecule has 3 aromatic heterocycles. The van der Waals surface area contributed by atoms with E-state index in [4.69, 9.17) is 16.1 Å². The lowest BCUT2D eigenvalue weighted by Crippen LogP contribution is -1.99. The minimum Gasteiger partial charge on any atom is -0.339 e. The number of anilines is 2. The molecule has 0 radical (unpaired) electrons. The molecular formula is C18H14ClN5O. The quantitative estimate of drug-likeness (QED) is 0.577. The number of benzene rings is 1. The van der Waals surface area contributed by atoms with Gasteiger partial charge in [-0.1, -0.05) is 35.8 Å². The first kappa shape index (κ1) is 15.5. The molecule has 0 atom stereocenters. The molecular weight excluding hydrogens is 338 g/mol. The molecule has 3 heterocycles. The van der Waals surface area contributed by atoms with Crippen LogP contribution in [0, 0.1) is 0 Å². The summed E-state index contributed by atoms with van der Waals surface area (Å²) in [6.07, 6.45) is 4.15. The molecule has 7 heteroatoms. The van der Waals surface area contributed by atoms with Crippen LogP contribution in [-0.2, 0) is 6.42 Å². The summed E-state index contributed by atoms with van der Waals surface area (Å²) in [5.74, 6) is 1.16. The third-order valence-corrected chi connectivity index (χ3v) is 4.00. The monoisotopic (exact) mass is 351 g/mol. The van der Waals surface area contributed by atoms with E-state index in [1.165, 1.54) is 0 Å². The Morgan fingerprint density at radius 3 is 2.72 bits per heavy atom. The zero-order valence-electron chi connectivity index (χ0n) is 13.4. The third-order valence-electron chi connectivity index (χ3n) is 3.77. The van der Waals surface area contributed by atoms with Crippen LogP contribution < -0.4 is 5.32 Å². The predicted molar refractivity (Wildman–Crippen MR) is 96.9 cm³/mol. The lowest BCUT2D eigenvalue weighted by molar-refractivity contribution is 0.440. The lowest BCUT2D eigenvalue weighted by Gasteiger charge is -2.09. The number of fused-ring (bicyclic) bond motifs is 1. The first-order chi connectivity index (χ1) is 12.2. The molecule has 0 spiro atoms. The van der Waals surface area contributed by atoms with Crippen molar-refractivity contribution in [1.82, 2.24) is 20.1 Å². The number of pyridine rings is 1. The van der Waals surface area contributed by atoms with Crippen molar-refractivity contribution in [3.8, 4) is 11.4 Å². The second-order valence-corrected chi connectivity index (χ2v) is 5.87. The summed E-state index contributed by atoms with van der Waals surface area (Å²) in [5.41, 5.74) is 2.93. The summed E-state index contributed by atoms with van der Waals surface area (Å²) in [6.45, 7) is 2.01. The Kier molecular flexibility index (Phi) is 4.03. The van der Waals surface area contributed by atoms with Crippen LogP contribution in [0.5, 0.6) is 0 Å². The largest absolute Gasteiger partial charge is 0.339 e. The zero-order valence-corrected chi connectivity index (χ0v) is 14.2. The summed E-state index contributed by atoms with van der Waals surface area (Å²) >= 11 is 6.10.